The fourth-order valence-corrected chi connectivity index (χ4v) is 2.69. The SMILES string of the molecule is CC.Cc1nc([C@H](C)NC(=O)c2cc(C(F)(F)F)cc(C(F)(F)F)c2)n(-c2ncccn2)n1. The summed E-state index contributed by atoms with van der Waals surface area (Å²) in [6, 6.07) is 1.28. The van der Waals surface area contributed by atoms with E-state index < -0.39 is 41.0 Å². The molecule has 0 fully saturated rings. The van der Waals surface area contributed by atoms with E-state index in [1.807, 2.05) is 13.8 Å². The molecule has 3 rings (SSSR count). The average molecular weight is 474 g/mol. The zero-order valence-electron chi connectivity index (χ0n) is 18.0. The van der Waals surface area contributed by atoms with Crippen LogP contribution in [-0.2, 0) is 12.4 Å². The van der Waals surface area contributed by atoms with Gasteiger partial charge in [0, 0.05) is 18.0 Å². The quantitative estimate of drug-likeness (QED) is 0.543. The van der Waals surface area contributed by atoms with Crippen LogP contribution in [0.25, 0.3) is 5.95 Å². The topological polar surface area (TPSA) is 85.6 Å². The van der Waals surface area contributed by atoms with Gasteiger partial charge in [0.2, 0.25) is 0 Å². The molecule has 0 aliphatic rings. The predicted molar refractivity (Wildman–Crippen MR) is 105 cm³/mol. The largest absolute Gasteiger partial charge is 0.416 e. The Morgan fingerprint density at radius 3 is 1.97 bits per heavy atom. The molecule has 33 heavy (non-hydrogen) atoms. The Bertz CT molecular complexity index is 1060. The Hall–Kier alpha value is -3.51. The molecule has 178 valence electrons. The highest BCUT2D eigenvalue weighted by Gasteiger charge is 2.37. The van der Waals surface area contributed by atoms with Gasteiger partial charge in [-0.2, -0.15) is 31.0 Å². The molecule has 2 aromatic heterocycles. The Kier molecular flexibility index (Phi) is 7.77. The van der Waals surface area contributed by atoms with E-state index in [9.17, 15) is 31.1 Å². The van der Waals surface area contributed by atoms with E-state index in [4.69, 9.17) is 0 Å². The normalized spacial score (nSPS) is 12.5. The summed E-state index contributed by atoms with van der Waals surface area (Å²) in [5.74, 6) is -0.593. The van der Waals surface area contributed by atoms with Gasteiger partial charge in [-0.15, -0.1) is 5.10 Å². The van der Waals surface area contributed by atoms with Crippen molar-refractivity contribution in [3.8, 4) is 5.95 Å². The minimum absolute atomic E-state index is 0.0487. The van der Waals surface area contributed by atoms with Gasteiger partial charge in [0.15, 0.2) is 5.82 Å². The molecule has 0 aliphatic heterocycles. The van der Waals surface area contributed by atoms with Crippen LogP contribution in [0.4, 0.5) is 26.3 Å². The average Bonchev–Trinajstić information content (AvgIpc) is 3.16. The first kappa shape index (κ1) is 25.7. The van der Waals surface area contributed by atoms with Gasteiger partial charge in [-0.1, -0.05) is 13.8 Å². The molecule has 0 bridgehead atoms. The molecule has 0 unspecified atom stereocenters. The van der Waals surface area contributed by atoms with Crippen molar-refractivity contribution in [2.45, 2.75) is 46.1 Å². The summed E-state index contributed by atoms with van der Waals surface area (Å²) in [6.07, 6.45) is -7.25. The van der Waals surface area contributed by atoms with Crippen LogP contribution in [0.2, 0.25) is 0 Å². The molecule has 0 radical (unpaired) electrons. The van der Waals surface area contributed by atoms with Crippen molar-refractivity contribution >= 4 is 5.91 Å². The lowest BCUT2D eigenvalue weighted by molar-refractivity contribution is -0.143. The van der Waals surface area contributed by atoms with Gasteiger partial charge in [0.1, 0.15) is 5.82 Å². The number of carbonyl (C=O) groups is 1. The number of hydrogen-bond donors (Lipinski definition) is 1. The number of halogens is 6. The number of aryl methyl sites for hydroxylation is 1. The number of rotatable bonds is 4. The Labute approximate surface area is 184 Å². The first-order valence-electron chi connectivity index (χ1n) is 9.67. The number of amides is 1. The summed E-state index contributed by atoms with van der Waals surface area (Å²) < 4.78 is 79.4. The zero-order valence-corrected chi connectivity index (χ0v) is 18.0. The van der Waals surface area contributed by atoms with Gasteiger partial charge < -0.3 is 5.32 Å². The van der Waals surface area contributed by atoms with E-state index in [-0.39, 0.29) is 17.8 Å². The van der Waals surface area contributed by atoms with Crippen molar-refractivity contribution in [1.82, 2.24) is 30.0 Å². The number of aromatic nitrogens is 5. The molecule has 0 spiro atoms. The van der Waals surface area contributed by atoms with E-state index in [1.165, 1.54) is 24.0 Å². The highest BCUT2D eigenvalue weighted by molar-refractivity contribution is 5.94. The number of alkyl halides is 6. The van der Waals surface area contributed by atoms with Gasteiger partial charge >= 0.3 is 12.4 Å². The number of carbonyl (C=O) groups excluding carboxylic acids is 1. The maximum Gasteiger partial charge on any atom is 0.416 e. The third kappa shape index (κ3) is 6.26. The molecular formula is C20H20F6N6O. The highest BCUT2D eigenvalue weighted by atomic mass is 19.4. The van der Waals surface area contributed by atoms with Crippen LogP contribution in [0.15, 0.2) is 36.7 Å². The highest BCUT2D eigenvalue weighted by Crippen LogP contribution is 2.36. The van der Waals surface area contributed by atoms with Crippen LogP contribution in [0.3, 0.4) is 0 Å². The monoisotopic (exact) mass is 474 g/mol. The molecule has 7 nitrogen and oxygen atoms in total. The Balaban J connectivity index is 0.00000187. The Morgan fingerprint density at radius 1 is 0.970 bits per heavy atom. The summed E-state index contributed by atoms with van der Waals surface area (Å²) in [7, 11) is 0. The van der Waals surface area contributed by atoms with Gasteiger partial charge in [-0.3, -0.25) is 4.79 Å². The van der Waals surface area contributed by atoms with Gasteiger partial charge in [0.25, 0.3) is 11.9 Å². The van der Waals surface area contributed by atoms with Crippen LogP contribution >= 0.6 is 0 Å². The van der Waals surface area contributed by atoms with Crippen LogP contribution in [-0.4, -0.2) is 30.6 Å². The molecule has 0 saturated carbocycles. The van der Waals surface area contributed by atoms with Crippen LogP contribution in [0.5, 0.6) is 0 Å². The van der Waals surface area contributed by atoms with Gasteiger partial charge in [-0.25, -0.2) is 15.0 Å². The molecule has 0 saturated heterocycles. The fraction of sp³-hybridized carbons (Fsp3) is 0.350. The molecule has 1 N–H and O–H groups in total. The standard InChI is InChI=1S/C18H14F6N6O.C2H6/c1-9(14-28-10(2)29-30(14)16-25-4-3-5-26-16)27-15(31)11-6-12(17(19,20)21)8-13(7-11)18(22,23)24;1-2/h3-9H,1-2H3,(H,27,31);1-2H3/t9-;/m0./s1. The second-order valence-corrected chi connectivity index (χ2v) is 6.47. The number of nitrogens with one attached hydrogen (secondary N) is 1. The van der Waals surface area contributed by atoms with Crippen LogP contribution in [0.1, 0.15) is 59.9 Å². The molecular weight excluding hydrogens is 454 g/mol. The van der Waals surface area contributed by atoms with Gasteiger partial charge in [-0.05, 0) is 38.1 Å². The molecule has 2 heterocycles. The minimum atomic E-state index is -5.07. The van der Waals surface area contributed by atoms with E-state index in [0.29, 0.717) is 18.0 Å². The van der Waals surface area contributed by atoms with E-state index >= 15 is 0 Å². The summed E-state index contributed by atoms with van der Waals surface area (Å²) in [5, 5.41) is 6.45. The van der Waals surface area contributed by atoms with Crippen molar-refractivity contribution in [3.63, 3.8) is 0 Å². The zero-order chi connectivity index (χ0) is 25.0. The van der Waals surface area contributed by atoms with Crippen molar-refractivity contribution in [2.24, 2.45) is 0 Å². The van der Waals surface area contributed by atoms with E-state index in [1.54, 1.807) is 13.0 Å². The fourth-order valence-electron chi connectivity index (χ4n) is 2.69. The van der Waals surface area contributed by atoms with Gasteiger partial charge in [0.05, 0.1) is 17.2 Å². The summed E-state index contributed by atoms with van der Waals surface area (Å²) >= 11 is 0. The smallest absolute Gasteiger partial charge is 0.342 e. The molecule has 3 aromatic rings. The van der Waals surface area contributed by atoms with Crippen molar-refractivity contribution < 1.29 is 31.1 Å². The maximum atomic E-state index is 13.0. The number of nitrogens with zero attached hydrogens (tertiary/aromatic N) is 5. The minimum Gasteiger partial charge on any atom is -0.342 e. The lowest BCUT2D eigenvalue weighted by Crippen LogP contribution is -2.29. The third-order valence-corrected chi connectivity index (χ3v) is 4.06. The third-order valence-electron chi connectivity index (χ3n) is 4.06. The number of hydrogen-bond acceptors (Lipinski definition) is 5. The summed E-state index contributed by atoms with van der Waals surface area (Å²) in [6.45, 7) is 7.00. The van der Waals surface area contributed by atoms with Crippen molar-refractivity contribution in [3.05, 3.63) is 65.0 Å². The van der Waals surface area contributed by atoms with Crippen molar-refractivity contribution in [2.75, 3.05) is 0 Å². The predicted octanol–water partition coefficient (Wildman–Crippen LogP) is 4.92. The van der Waals surface area contributed by atoms with Crippen LogP contribution < -0.4 is 5.32 Å². The van der Waals surface area contributed by atoms with Crippen molar-refractivity contribution in [1.29, 1.82) is 0 Å². The maximum absolute atomic E-state index is 13.0. The lowest BCUT2D eigenvalue weighted by Gasteiger charge is -2.16. The van der Waals surface area contributed by atoms with E-state index in [2.05, 4.69) is 25.4 Å². The molecule has 13 heteroatoms. The van der Waals surface area contributed by atoms with Crippen LogP contribution in [0, 0.1) is 6.92 Å². The summed E-state index contributed by atoms with van der Waals surface area (Å²) in [5.41, 5.74) is -3.97. The van der Waals surface area contributed by atoms with E-state index in [0.717, 1.165) is 0 Å². The first-order valence-corrected chi connectivity index (χ1v) is 9.67. The first-order chi connectivity index (χ1) is 15.4. The number of benzene rings is 1. The Morgan fingerprint density at radius 2 is 1.48 bits per heavy atom. The summed E-state index contributed by atoms with van der Waals surface area (Å²) in [4.78, 5) is 24.7. The molecule has 0 aliphatic carbocycles. The second-order valence-electron chi connectivity index (χ2n) is 6.47. The lowest BCUT2D eigenvalue weighted by atomic mass is 10.0. The molecule has 1 amide bonds. The molecule has 1 atom stereocenters. The second kappa shape index (κ2) is 9.96. The molecule has 1 aromatic carbocycles.